The molecule has 0 bridgehead atoms. The summed E-state index contributed by atoms with van der Waals surface area (Å²) < 4.78 is 71.7. The maximum atomic E-state index is 11.8. The van der Waals surface area contributed by atoms with Crippen LogP contribution in [-0.4, -0.2) is 259 Å². The van der Waals surface area contributed by atoms with Crippen LogP contribution >= 0.6 is 0 Å². The van der Waals surface area contributed by atoms with Crippen LogP contribution in [0.1, 0.15) is 81.4 Å². The topological polar surface area (TPSA) is 739 Å². The van der Waals surface area contributed by atoms with Crippen molar-refractivity contribution in [2.45, 2.75) is 34.1 Å². The van der Waals surface area contributed by atoms with Gasteiger partial charge in [0.2, 0.25) is 6.29 Å². The molecule has 3 aliphatic rings. The molecule has 55 heteroatoms. The number of amides is 3. The number of aromatic hydroxyl groups is 1. The van der Waals surface area contributed by atoms with Crippen molar-refractivity contribution < 1.29 is 186 Å². The Morgan fingerprint density at radius 3 is 1.23 bits per heavy atom. The van der Waals surface area contributed by atoms with Crippen LogP contribution < -0.4 is 101 Å². The van der Waals surface area contributed by atoms with E-state index in [1.54, 1.807) is 62.0 Å². The Balaban J connectivity index is -0.00000139. The predicted octanol–water partition coefficient (Wildman–Crippen LogP) is 1.53. The standard InChI is InChI=1S/C11H15BN2O6.C10H13BN2O6.C10H12N2O2.C9H10N2O5.C9H8N2O4.C9H10N2O2.C8H7NO5.C3H10BNO2.C2HF3O.CH4.Na.H2O.H2/c1-12(16)13-5-6-20-10-7-8(14(17)18)3-4-9(10)11(15)19-2;1-11(16)12-4-5-19-9-6-7(13(17)18)2-3-8(9)10(14)15;1-12-4-5-14-9-6-7(11)2-3-8(9)10(12)13;10-3-4-16-8-5-6(11(14)15)1-2-7(8)9(12)13;12-9-7-2-1-6(11(13)14)5-8(7)15-4-3-10-9;10-6-1-2-7-8(5-6)13-4-3-11-9(7)12;1-14-8(11)6-3-2-5(9(12)13)4-7(6)10;1-4(7)5-2-3-6;3-2(4,5)1-6;;;;/h3-4,7,13,16H,5-6H2,1-2H3;2-3,6,12,16H,4-5H2,1H3,(H,14,15);2-3,6H,4-5,11H2,1H3;1-2,5H,3-4,10H2,(H,12,13);1-2,5H,3-4H2,(H,10,12);1-2,5H,3-4,10H2,(H,11,12);2-4,10H,1H3;5-7H,2-3H2,1H3;1H;1H4;;1H2;1H/q;;;;;;;;;;+1;;/p-1. The molecule has 7 aromatic carbocycles. The average molecular weight is 1810 g/mol. The smallest absolute Gasteiger partial charge is 0.870 e. The maximum absolute atomic E-state index is 11.8. The molecule has 48 nitrogen and oxygen atoms in total. The van der Waals surface area contributed by atoms with E-state index in [2.05, 4.69) is 35.8 Å². The zero-order valence-corrected chi connectivity index (χ0v) is 70.1. The molecule has 0 saturated heterocycles. The number of nitrogens with two attached hydrogens (primary N) is 3. The van der Waals surface area contributed by atoms with Crippen molar-refractivity contribution >= 4 is 109 Å². The number of ether oxygens (including phenoxy) is 8. The summed E-state index contributed by atoms with van der Waals surface area (Å²) in [4.78, 5) is 139. The number of esters is 2. The maximum Gasteiger partial charge on any atom is 1.00 e. The third-order valence-corrected chi connectivity index (χ3v) is 14.9. The van der Waals surface area contributed by atoms with Gasteiger partial charge in [0, 0.05) is 88.5 Å². The summed E-state index contributed by atoms with van der Waals surface area (Å²) in [5.74, 6) is -3.31. The van der Waals surface area contributed by atoms with Crippen molar-refractivity contribution in [1.82, 2.24) is 31.2 Å². The normalized spacial score (nSPS) is 11.4. The number of rotatable bonds is 25. The first-order valence-corrected chi connectivity index (χ1v) is 35.7. The number of benzene rings is 7. The minimum atomic E-state index is -4.64. The molecule has 3 heterocycles. The number of hydrogen-bond acceptors (Lipinski definition) is 38. The number of carbonyl (C=O) groups is 8. The number of alkyl halides is 3. The summed E-state index contributed by atoms with van der Waals surface area (Å²) in [6, 6.07) is 27.5. The fourth-order valence-corrected chi connectivity index (χ4v) is 9.13. The second-order valence-corrected chi connectivity index (χ2v) is 24.2. The first kappa shape index (κ1) is 115. The molecule has 0 saturated carbocycles. The number of nitro groups is 5. The van der Waals surface area contributed by atoms with E-state index >= 15 is 0 Å². The Kier molecular flexibility index (Phi) is 54.5. The number of phenolic OH excluding ortho intramolecular Hbond substituents is 1. The first-order valence-electron chi connectivity index (χ1n) is 35.7. The molecule has 0 aliphatic carbocycles. The number of non-ortho nitro benzene ring substituents is 5. The molecular weight excluding hydrogens is 1720 g/mol. The van der Waals surface area contributed by atoms with Crippen molar-refractivity contribution in [3.8, 4) is 40.2 Å². The SMILES string of the molecule is C.CB(O)NCCO.CB(O)NCCOc1cc([N+](=O)[O-])ccc1C(=O)O.CN1CCOc2cc(N)ccc2C1=O.COC(=O)c1ccc([N+](=O)[O-])cc1O.COC(=O)c1ccc([N+](=O)[O-])cc1OCCNB(C)O.NCCOc1cc([N+](=O)[O-])ccc1C(=O)O.Nc1ccc2c(c1)OCCNC2=O.O=C1NCCOc2cc([N+](=O)[O-])ccc21.O=CC(F)(F)F.[HH].[Na+].[OH-]. The van der Waals surface area contributed by atoms with E-state index in [0.29, 0.717) is 92.1 Å². The van der Waals surface area contributed by atoms with Crippen LogP contribution in [0.3, 0.4) is 0 Å². The number of nitro benzene ring substituents is 5. The molecule has 127 heavy (non-hydrogen) atoms. The van der Waals surface area contributed by atoms with E-state index in [0.717, 1.165) is 67.8 Å². The molecule has 0 aromatic heterocycles. The zero-order valence-electron chi connectivity index (χ0n) is 68.1. The summed E-state index contributed by atoms with van der Waals surface area (Å²) in [6.07, 6.45) is -5.70. The van der Waals surface area contributed by atoms with Crippen molar-refractivity contribution in [2.75, 3.05) is 125 Å². The number of nitrogen functional groups attached to an aromatic ring is 2. The predicted molar refractivity (Wildman–Crippen MR) is 445 cm³/mol. The molecule has 0 spiro atoms. The number of nitrogens with one attached hydrogen (secondary N) is 5. The number of carboxylic acid groups (broad SMARTS) is 2. The summed E-state index contributed by atoms with van der Waals surface area (Å²) in [7, 11) is 2.21. The Bertz CT molecular complexity index is 4830. The van der Waals surface area contributed by atoms with E-state index in [-0.39, 0.29) is 175 Å². The molecule has 0 unspecified atom stereocenters. The van der Waals surface area contributed by atoms with E-state index in [1.165, 1.54) is 44.3 Å². The number of halogens is 3. The molecule has 3 aliphatic heterocycles. The van der Waals surface area contributed by atoms with Crippen molar-refractivity contribution in [3.63, 3.8) is 0 Å². The van der Waals surface area contributed by atoms with Crippen LogP contribution in [0.2, 0.25) is 20.5 Å². The van der Waals surface area contributed by atoms with Crippen molar-refractivity contribution in [3.05, 3.63) is 217 Å². The Labute approximate surface area is 744 Å². The second kappa shape index (κ2) is 60.0. The van der Waals surface area contributed by atoms with Gasteiger partial charge in [0.05, 0.1) is 125 Å². The number of aliphatic hydroxyl groups excluding tert-OH is 1. The van der Waals surface area contributed by atoms with Gasteiger partial charge in [0.15, 0.2) is 0 Å². The van der Waals surface area contributed by atoms with Gasteiger partial charge >= 0.3 is 80.8 Å². The van der Waals surface area contributed by atoms with Gasteiger partial charge < -0.3 is 127 Å². The minimum Gasteiger partial charge on any atom is -0.870 e. The number of carbonyl (C=O) groups excluding carboxylic acids is 6. The van der Waals surface area contributed by atoms with Crippen LogP contribution in [0.25, 0.3) is 0 Å². The van der Waals surface area contributed by atoms with E-state index < -0.39 is 87.9 Å². The van der Waals surface area contributed by atoms with Crippen LogP contribution in [0, 0.1) is 50.6 Å². The number of phenols is 1. The number of aromatic carboxylic acids is 2. The molecule has 10 rings (SSSR count). The van der Waals surface area contributed by atoms with Crippen molar-refractivity contribution in [2.24, 2.45) is 5.73 Å². The number of likely N-dealkylation sites (N-methyl/N-ethyl adjacent to an activating group) is 1. The van der Waals surface area contributed by atoms with Crippen LogP contribution in [0.4, 0.5) is 53.0 Å². The molecule has 0 fully saturated rings. The van der Waals surface area contributed by atoms with Gasteiger partial charge in [-0.25, -0.2) is 19.2 Å². The van der Waals surface area contributed by atoms with E-state index in [9.17, 15) is 102 Å². The van der Waals surface area contributed by atoms with E-state index in [1.807, 2.05) is 0 Å². The number of aliphatic hydroxyl groups is 1. The van der Waals surface area contributed by atoms with Crippen LogP contribution in [0.15, 0.2) is 127 Å². The summed E-state index contributed by atoms with van der Waals surface area (Å²) in [5, 5.41) is 127. The molecule has 3 amide bonds. The number of nitrogens with zero attached hydrogens (tertiary/aromatic N) is 6. The molecular formula is C72H93B3F3N14NaO34. The number of hydrogen-bond donors (Lipinski definition) is 15. The zero-order chi connectivity index (χ0) is 93.5. The fraction of sp³-hybridized carbons (Fsp3) is 0.306. The van der Waals surface area contributed by atoms with Gasteiger partial charge in [-0.3, -0.25) is 69.7 Å². The van der Waals surface area contributed by atoms with Gasteiger partial charge in [-0.05, 0) is 75.1 Å². The number of anilines is 2. The number of fused-ring (bicyclic) bond motifs is 3. The minimum absolute atomic E-state index is 0. The summed E-state index contributed by atoms with van der Waals surface area (Å²) in [5.41, 5.74) is 17.8. The Morgan fingerprint density at radius 1 is 0.543 bits per heavy atom. The van der Waals surface area contributed by atoms with Gasteiger partial charge in [-0.15, -0.1) is 0 Å². The van der Waals surface area contributed by atoms with Crippen molar-refractivity contribution in [1.29, 1.82) is 0 Å². The summed E-state index contributed by atoms with van der Waals surface area (Å²) >= 11 is 0. The van der Waals surface area contributed by atoms with Crippen LogP contribution in [0.5, 0.6) is 40.2 Å². The molecule has 686 valence electrons. The molecule has 7 aromatic rings. The summed E-state index contributed by atoms with van der Waals surface area (Å²) in [6.45, 7) is 9.18. The third kappa shape index (κ3) is 43.0. The third-order valence-electron chi connectivity index (χ3n) is 14.9. The van der Waals surface area contributed by atoms with Gasteiger partial charge in [0.1, 0.15) is 88.9 Å². The van der Waals surface area contributed by atoms with Crippen LogP contribution in [-0.2, 0) is 14.3 Å². The first-order chi connectivity index (χ1) is 58.4. The van der Waals surface area contributed by atoms with Gasteiger partial charge in [-0.1, -0.05) is 7.43 Å². The average Bonchev–Trinajstić information content (AvgIpc) is 1.79. The Morgan fingerprint density at radius 2 is 0.866 bits per heavy atom. The largest absolute Gasteiger partial charge is 1.00 e. The Hall–Kier alpha value is -13.7. The molecule has 0 atom stereocenters. The van der Waals surface area contributed by atoms with E-state index in [4.69, 9.17) is 80.8 Å². The van der Waals surface area contributed by atoms with Gasteiger partial charge in [0.25, 0.3) is 46.2 Å². The second-order valence-electron chi connectivity index (χ2n) is 24.2. The fourth-order valence-electron chi connectivity index (χ4n) is 9.13. The quantitative estimate of drug-likeness (QED) is 0.00734. The monoisotopic (exact) mass is 1810 g/mol. The number of aldehydes is 1. The van der Waals surface area contributed by atoms with Gasteiger partial charge in [-0.2, -0.15) is 13.2 Å². The molecule has 19 N–H and O–H groups in total. The number of methoxy groups -OCH3 is 2. The number of carboxylic acids is 2. The molecule has 0 radical (unpaired) electrons.